The molecule has 0 spiro atoms. The number of likely N-dealkylation sites (N-methyl/N-ethyl adjacent to an activating group) is 1. The minimum absolute atomic E-state index is 0.0413. The minimum Gasteiger partial charge on any atom is -0.335 e. The predicted octanol–water partition coefficient (Wildman–Crippen LogP) is 4.55. The Balaban J connectivity index is 0.000000400. The molecule has 1 saturated heterocycles. The third-order valence-electron chi connectivity index (χ3n) is 5.55. The van der Waals surface area contributed by atoms with Crippen LogP contribution >= 0.6 is 11.9 Å². The molecule has 1 aliphatic heterocycles. The lowest BCUT2D eigenvalue weighted by Gasteiger charge is -2.26. The number of hydrogen-bond donors (Lipinski definition) is 2. The summed E-state index contributed by atoms with van der Waals surface area (Å²) in [6.45, 7) is 11.4. The third-order valence-corrected chi connectivity index (χ3v) is 6.07. The zero-order valence-electron chi connectivity index (χ0n) is 23.5. The first kappa shape index (κ1) is 32.5. The molecule has 1 heterocycles. The molecule has 9 heteroatoms. The maximum Gasteiger partial charge on any atom is 0.243 e. The Kier molecular flexibility index (Phi) is 14.3. The summed E-state index contributed by atoms with van der Waals surface area (Å²) < 4.78 is 3.15. The van der Waals surface area contributed by atoms with Gasteiger partial charge in [0.2, 0.25) is 18.2 Å². The number of para-hydroxylation sites is 1. The fourth-order valence-electron chi connectivity index (χ4n) is 3.71. The van der Waals surface area contributed by atoms with Crippen LogP contribution in [0, 0.1) is 28.6 Å². The van der Waals surface area contributed by atoms with Gasteiger partial charge in [-0.2, -0.15) is 5.26 Å². The van der Waals surface area contributed by atoms with Crippen LogP contribution in [0.1, 0.15) is 60.3 Å². The number of benzene rings is 1. The SMILES string of the molecule is CC(C)(C)C.CSNC(CC1CC1)C(=O)N(C)CC(=O)N1CC(C)CC1C#N.O=CNc1ccccc1. The highest BCUT2D eigenvalue weighted by Crippen LogP contribution is 2.34. The van der Waals surface area contributed by atoms with E-state index >= 15 is 0 Å². The molecule has 1 aliphatic carbocycles. The number of carbonyl (C=O) groups is 3. The van der Waals surface area contributed by atoms with Crippen molar-refractivity contribution in [2.24, 2.45) is 17.3 Å². The van der Waals surface area contributed by atoms with Gasteiger partial charge in [0.05, 0.1) is 18.7 Å². The van der Waals surface area contributed by atoms with Gasteiger partial charge in [-0.15, -0.1) is 0 Å². The summed E-state index contributed by atoms with van der Waals surface area (Å²) in [5.41, 5.74) is 1.33. The largest absolute Gasteiger partial charge is 0.335 e. The fraction of sp³-hybridized carbons (Fsp3) is 0.643. The Morgan fingerprint density at radius 2 is 1.84 bits per heavy atom. The van der Waals surface area contributed by atoms with Gasteiger partial charge >= 0.3 is 0 Å². The molecule has 8 nitrogen and oxygen atoms in total. The van der Waals surface area contributed by atoms with Crippen molar-refractivity contribution in [2.45, 2.75) is 72.4 Å². The smallest absolute Gasteiger partial charge is 0.243 e. The lowest BCUT2D eigenvalue weighted by molar-refractivity contribution is -0.140. The van der Waals surface area contributed by atoms with E-state index in [1.807, 2.05) is 43.5 Å². The first-order valence-corrected chi connectivity index (χ1v) is 14.1. The second kappa shape index (κ2) is 16.3. The van der Waals surface area contributed by atoms with Gasteiger partial charge in [-0.3, -0.25) is 19.1 Å². The quantitative estimate of drug-likeness (QED) is 0.358. The first-order chi connectivity index (χ1) is 17.4. The van der Waals surface area contributed by atoms with E-state index < -0.39 is 0 Å². The summed E-state index contributed by atoms with van der Waals surface area (Å²) >= 11 is 1.44. The van der Waals surface area contributed by atoms with Crippen LogP contribution < -0.4 is 10.0 Å². The molecular weight excluding hydrogens is 486 g/mol. The summed E-state index contributed by atoms with van der Waals surface area (Å²) in [4.78, 5) is 38.0. The number of nitriles is 1. The molecule has 37 heavy (non-hydrogen) atoms. The van der Waals surface area contributed by atoms with Gasteiger partial charge in [0, 0.05) is 19.3 Å². The summed E-state index contributed by atoms with van der Waals surface area (Å²) in [5.74, 6) is 0.798. The van der Waals surface area contributed by atoms with Gasteiger partial charge in [0.25, 0.3) is 0 Å². The second-order valence-electron chi connectivity index (χ2n) is 11.4. The number of nitrogens with zero attached hydrogens (tertiary/aromatic N) is 3. The van der Waals surface area contributed by atoms with E-state index in [2.05, 4.69) is 43.8 Å². The Bertz CT molecular complexity index is 874. The van der Waals surface area contributed by atoms with Gasteiger partial charge in [-0.25, -0.2) is 0 Å². The normalized spacial score (nSPS) is 19.2. The number of amides is 3. The van der Waals surface area contributed by atoms with Crippen molar-refractivity contribution in [3.05, 3.63) is 30.3 Å². The van der Waals surface area contributed by atoms with Crippen molar-refractivity contribution in [3.8, 4) is 6.07 Å². The van der Waals surface area contributed by atoms with Crippen LogP contribution in [-0.2, 0) is 14.4 Å². The molecule has 0 radical (unpaired) electrons. The molecular formula is C28H45N5O3S. The van der Waals surface area contributed by atoms with Gasteiger partial charge in [-0.1, -0.05) is 77.6 Å². The highest BCUT2D eigenvalue weighted by Gasteiger charge is 2.35. The van der Waals surface area contributed by atoms with Crippen molar-refractivity contribution in [3.63, 3.8) is 0 Å². The second-order valence-corrected chi connectivity index (χ2v) is 12.1. The molecule has 3 rings (SSSR count). The van der Waals surface area contributed by atoms with Gasteiger partial charge in [0.1, 0.15) is 6.04 Å². The van der Waals surface area contributed by atoms with Gasteiger partial charge < -0.3 is 15.1 Å². The van der Waals surface area contributed by atoms with Gasteiger partial charge in [-0.05, 0) is 48.5 Å². The average molecular weight is 532 g/mol. The highest BCUT2D eigenvalue weighted by atomic mass is 32.2. The van der Waals surface area contributed by atoms with E-state index in [0.29, 0.717) is 30.2 Å². The highest BCUT2D eigenvalue weighted by molar-refractivity contribution is 7.96. The van der Waals surface area contributed by atoms with Crippen molar-refractivity contribution in [2.75, 3.05) is 31.7 Å². The molecule has 2 N–H and O–H groups in total. The molecule has 2 fully saturated rings. The van der Waals surface area contributed by atoms with E-state index in [1.54, 1.807) is 11.9 Å². The number of anilines is 1. The van der Waals surface area contributed by atoms with Crippen LogP contribution in [0.3, 0.4) is 0 Å². The minimum atomic E-state index is -0.354. The molecule has 1 saturated carbocycles. The summed E-state index contributed by atoms with van der Waals surface area (Å²) in [7, 11) is 1.67. The Morgan fingerprint density at radius 1 is 1.24 bits per heavy atom. The van der Waals surface area contributed by atoms with Crippen LogP contribution in [0.5, 0.6) is 0 Å². The van der Waals surface area contributed by atoms with Gasteiger partial charge in [0.15, 0.2) is 0 Å². The molecule has 3 unspecified atom stereocenters. The fourth-order valence-corrected chi connectivity index (χ4v) is 4.19. The van der Waals surface area contributed by atoms with E-state index in [4.69, 9.17) is 0 Å². The molecule has 0 aromatic heterocycles. The van der Waals surface area contributed by atoms with E-state index in [1.165, 1.54) is 29.7 Å². The Morgan fingerprint density at radius 3 is 2.32 bits per heavy atom. The molecule has 1 aromatic carbocycles. The van der Waals surface area contributed by atoms with Crippen molar-refractivity contribution < 1.29 is 14.4 Å². The standard InChI is InChI=1S/C16H26N4O2S.C7H7NO.C5H12/c1-11-6-13(8-17)20(9-11)15(21)10-19(2)16(22)14(18-23-3)7-12-4-5-12;9-6-8-7-4-2-1-3-5-7;1-5(2,3)4/h11-14,18H,4-7,9-10H2,1-3H3;1-6H,(H,8,9);1-4H3. The summed E-state index contributed by atoms with van der Waals surface area (Å²) in [6, 6.07) is 10.9. The number of likely N-dealkylation sites (tertiary alicyclic amines) is 1. The maximum atomic E-state index is 12.6. The van der Waals surface area contributed by atoms with Crippen LogP contribution in [0.2, 0.25) is 0 Å². The van der Waals surface area contributed by atoms with Crippen LogP contribution in [0.15, 0.2) is 30.3 Å². The zero-order chi connectivity index (χ0) is 28.0. The maximum absolute atomic E-state index is 12.6. The van der Waals surface area contributed by atoms with Crippen LogP contribution in [0.4, 0.5) is 5.69 Å². The van der Waals surface area contributed by atoms with Crippen molar-refractivity contribution in [1.29, 1.82) is 5.26 Å². The lowest BCUT2D eigenvalue weighted by Crippen LogP contribution is -2.48. The zero-order valence-corrected chi connectivity index (χ0v) is 24.3. The third kappa shape index (κ3) is 14.1. The Labute approximate surface area is 227 Å². The van der Waals surface area contributed by atoms with E-state index in [9.17, 15) is 19.6 Å². The van der Waals surface area contributed by atoms with Crippen LogP contribution in [0.25, 0.3) is 0 Å². The monoisotopic (exact) mass is 531 g/mol. The van der Waals surface area contributed by atoms with Crippen LogP contribution in [-0.4, -0.2) is 66.5 Å². The van der Waals surface area contributed by atoms with E-state index in [-0.39, 0.29) is 30.4 Å². The summed E-state index contributed by atoms with van der Waals surface area (Å²) in [6.07, 6.45) is 6.50. The number of rotatable bonds is 9. The molecule has 206 valence electrons. The summed E-state index contributed by atoms with van der Waals surface area (Å²) in [5, 5.41) is 11.7. The lowest BCUT2D eigenvalue weighted by atomic mass is 10.0. The average Bonchev–Trinajstić information content (AvgIpc) is 3.56. The molecule has 2 aliphatic rings. The first-order valence-electron chi connectivity index (χ1n) is 12.9. The number of hydrogen-bond acceptors (Lipinski definition) is 6. The predicted molar refractivity (Wildman–Crippen MR) is 152 cm³/mol. The molecule has 3 atom stereocenters. The number of carbonyl (C=O) groups excluding carboxylic acids is 3. The van der Waals surface area contributed by atoms with Crippen molar-refractivity contribution >= 4 is 35.9 Å². The van der Waals surface area contributed by atoms with E-state index in [0.717, 1.165) is 18.5 Å². The molecule has 3 amide bonds. The topological polar surface area (TPSA) is 106 Å². The molecule has 0 bridgehead atoms. The number of nitrogens with one attached hydrogen (secondary N) is 2. The Hall–Kier alpha value is -2.57. The molecule has 1 aromatic rings. The van der Waals surface area contributed by atoms with Crippen molar-refractivity contribution in [1.82, 2.24) is 14.5 Å².